The first-order valence-electron chi connectivity index (χ1n) is 6.33. The molecule has 0 fully saturated rings. The van der Waals surface area contributed by atoms with E-state index in [1.807, 2.05) is 30.5 Å². The number of nitrogens with one attached hydrogen (secondary N) is 1. The van der Waals surface area contributed by atoms with E-state index in [2.05, 4.69) is 22.3 Å². The summed E-state index contributed by atoms with van der Waals surface area (Å²) >= 11 is 6.09. The number of hydrogen-bond acceptors (Lipinski definition) is 4. The number of aromatic nitrogens is 3. The van der Waals surface area contributed by atoms with Crippen molar-refractivity contribution in [1.82, 2.24) is 14.6 Å². The molecule has 1 aromatic carbocycles. The molecular weight excluding hydrogens is 274 g/mol. The van der Waals surface area contributed by atoms with E-state index in [9.17, 15) is 0 Å². The van der Waals surface area contributed by atoms with Crippen molar-refractivity contribution in [3.63, 3.8) is 0 Å². The SMILES string of the molecule is CCc1cnn2c(Nc3cccc(N)c3)cc(Cl)nc12. The van der Waals surface area contributed by atoms with E-state index in [1.54, 1.807) is 10.6 Å². The van der Waals surface area contributed by atoms with E-state index in [4.69, 9.17) is 17.3 Å². The lowest BCUT2D eigenvalue weighted by Gasteiger charge is -2.09. The van der Waals surface area contributed by atoms with Gasteiger partial charge < -0.3 is 11.1 Å². The average molecular weight is 288 g/mol. The molecular formula is C14H14ClN5. The zero-order valence-corrected chi connectivity index (χ0v) is 11.7. The van der Waals surface area contributed by atoms with E-state index in [-0.39, 0.29) is 0 Å². The van der Waals surface area contributed by atoms with Gasteiger partial charge in [0.05, 0.1) is 6.20 Å². The highest BCUT2D eigenvalue weighted by Gasteiger charge is 2.10. The molecule has 3 N–H and O–H groups in total. The number of halogens is 1. The minimum atomic E-state index is 0.430. The Kier molecular flexibility index (Phi) is 3.20. The second-order valence-electron chi connectivity index (χ2n) is 4.47. The summed E-state index contributed by atoms with van der Waals surface area (Å²) in [6.07, 6.45) is 2.66. The molecule has 0 spiro atoms. The van der Waals surface area contributed by atoms with Crippen molar-refractivity contribution in [2.24, 2.45) is 0 Å². The number of fused-ring (bicyclic) bond motifs is 1. The number of anilines is 3. The van der Waals surface area contributed by atoms with E-state index in [1.165, 1.54) is 0 Å². The van der Waals surface area contributed by atoms with E-state index < -0.39 is 0 Å². The summed E-state index contributed by atoms with van der Waals surface area (Å²) in [5, 5.41) is 8.04. The molecule has 2 aromatic heterocycles. The van der Waals surface area contributed by atoms with Crippen LogP contribution in [0.15, 0.2) is 36.5 Å². The summed E-state index contributed by atoms with van der Waals surface area (Å²) in [5.41, 5.74) is 9.18. The van der Waals surface area contributed by atoms with E-state index in [0.717, 1.165) is 29.1 Å². The smallest absolute Gasteiger partial charge is 0.162 e. The number of benzene rings is 1. The lowest BCUT2D eigenvalue weighted by molar-refractivity contribution is 0.947. The highest BCUT2D eigenvalue weighted by Crippen LogP contribution is 2.23. The van der Waals surface area contributed by atoms with Gasteiger partial charge in [0.1, 0.15) is 11.0 Å². The molecule has 3 aromatic rings. The number of nitrogen functional groups attached to an aromatic ring is 1. The molecule has 0 amide bonds. The average Bonchev–Trinajstić information content (AvgIpc) is 2.81. The molecule has 0 unspecified atom stereocenters. The molecule has 6 heteroatoms. The van der Waals surface area contributed by atoms with Crippen LogP contribution in [0.5, 0.6) is 0 Å². The highest BCUT2D eigenvalue weighted by molar-refractivity contribution is 6.29. The van der Waals surface area contributed by atoms with Crippen molar-refractivity contribution in [3.05, 3.63) is 47.2 Å². The van der Waals surface area contributed by atoms with Gasteiger partial charge in [-0.05, 0) is 24.6 Å². The standard InChI is InChI=1S/C14H14ClN5/c1-2-9-8-17-20-13(7-12(15)19-14(9)20)18-11-5-3-4-10(16)6-11/h3-8,18H,2,16H2,1H3. The third-order valence-corrected chi connectivity index (χ3v) is 3.25. The maximum absolute atomic E-state index is 6.09. The van der Waals surface area contributed by atoms with Crippen LogP contribution in [0, 0.1) is 0 Å². The molecule has 5 nitrogen and oxygen atoms in total. The topological polar surface area (TPSA) is 68.2 Å². The second kappa shape index (κ2) is 5.02. The maximum atomic E-state index is 6.09. The Bertz CT molecular complexity index is 765. The molecule has 20 heavy (non-hydrogen) atoms. The zero-order chi connectivity index (χ0) is 14.1. The Balaban J connectivity index is 2.09. The molecule has 0 atom stereocenters. The third-order valence-electron chi connectivity index (χ3n) is 3.05. The number of hydrogen-bond donors (Lipinski definition) is 2. The number of nitrogens with zero attached hydrogens (tertiary/aromatic N) is 3. The van der Waals surface area contributed by atoms with Gasteiger partial charge >= 0.3 is 0 Å². The molecule has 0 saturated carbocycles. The van der Waals surface area contributed by atoms with Crippen LogP contribution >= 0.6 is 11.6 Å². The van der Waals surface area contributed by atoms with Gasteiger partial charge in [-0.1, -0.05) is 24.6 Å². The number of aryl methyl sites for hydroxylation is 1. The quantitative estimate of drug-likeness (QED) is 0.573. The monoisotopic (exact) mass is 287 g/mol. The molecule has 0 saturated heterocycles. The summed E-state index contributed by atoms with van der Waals surface area (Å²) in [7, 11) is 0. The maximum Gasteiger partial charge on any atom is 0.162 e. The Morgan fingerprint density at radius 3 is 2.95 bits per heavy atom. The molecule has 0 aliphatic heterocycles. The first-order chi connectivity index (χ1) is 9.67. The van der Waals surface area contributed by atoms with Gasteiger partial charge in [0.15, 0.2) is 5.65 Å². The number of rotatable bonds is 3. The predicted octanol–water partition coefficient (Wildman–Crippen LogP) is 3.27. The third kappa shape index (κ3) is 2.28. The van der Waals surface area contributed by atoms with Gasteiger partial charge in [-0.25, -0.2) is 4.98 Å². The zero-order valence-electron chi connectivity index (χ0n) is 11.0. The van der Waals surface area contributed by atoms with Crippen molar-refractivity contribution in [3.8, 4) is 0 Å². The van der Waals surface area contributed by atoms with E-state index in [0.29, 0.717) is 10.8 Å². The number of nitrogens with two attached hydrogens (primary N) is 1. The van der Waals surface area contributed by atoms with Crippen LogP contribution in [0.2, 0.25) is 5.15 Å². The van der Waals surface area contributed by atoms with Gasteiger partial charge in [-0.3, -0.25) is 0 Å². The van der Waals surface area contributed by atoms with Crippen LogP contribution in [0.1, 0.15) is 12.5 Å². The van der Waals surface area contributed by atoms with Crippen LogP contribution in [0.3, 0.4) is 0 Å². The van der Waals surface area contributed by atoms with Crippen LogP contribution in [0.4, 0.5) is 17.2 Å². The first-order valence-corrected chi connectivity index (χ1v) is 6.71. The Morgan fingerprint density at radius 1 is 1.35 bits per heavy atom. The summed E-state index contributed by atoms with van der Waals surface area (Å²) in [6, 6.07) is 9.25. The lowest BCUT2D eigenvalue weighted by atomic mass is 10.2. The van der Waals surface area contributed by atoms with Gasteiger partial charge in [0.2, 0.25) is 0 Å². The molecule has 0 aliphatic rings. The Morgan fingerprint density at radius 2 is 2.20 bits per heavy atom. The summed E-state index contributed by atoms with van der Waals surface area (Å²) in [5.74, 6) is 0.755. The molecule has 3 rings (SSSR count). The van der Waals surface area contributed by atoms with Crippen molar-refractivity contribution in [2.45, 2.75) is 13.3 Å². The van der Waals surface area contributed by atoms with Crippen molar-refractivity contribution >= 4 is 34.4 Å². The van der Waals surface area contributed by atoms with Crippen molar-refractivity contribution in [1.29, 1.82) is 0 Å². The van der Waals surface area contributed by atoms with Crippen LogP contribution in [-0.2, 0) is 6.42 Å². The second-order valence-corrected chi connectivity index (χ2v) is 4.86. The highest BCUT2D eigenvalue weighted by atomic mass is 35.5. The van der Waals surface area contributed by atoms with Crippen molar-refractivity contribution < 1.29 is 0 Å². The van der Waals surface area contributed by atoms with Gasteiger partial charge in [0, 0.05) is 23.0 Å². The molecule has 0 aliphatic carbocycles. The summed E-state index contributed by atoms with van der Waals surface area (Å²) < 4.78 is 1.74. The Labute approximate surface area is 121 Å². The van der Waals surface area contributed by atoms with Crippen LogP contribution in [-0.4, -0.2) is 14.6 Å². The molecule has 102 valence electrons. The van der Waals surface area contributed by atoms with Gasteiger partial charge in [-0.15, -0.1) is 0 Å². The fourth-order valence-corrected chi connectivity index (χ4v) is 2.26. The molecule has 2 heterocycles. The normalized spacial score (nSPS) is 10.9. The minimum absolute atomic E-state index is 0.430. The first kappa shape index (κ1) is 12.7. The molecule has 0 bridgehead atoms. The van der Waals surface area contributed by atoms with Gasteiger partial charge in [0.25, 0.3) is 0 Å². The van der Waals surface area contributed by atoms with Crippen molar-refractivity contribution in [2.75, 3.05) is 11.1 Å². The summed E-state index contributed by atoms with van der Waals surface area (Å²) in [4.78, 5) is 4.33. The largest absolute Gasteiger partial charge is 0.399 e. The fraction of sp³-hybridized carbons (Fsp3) is 0.143. The predicted molar refractivity (Wildman–Crippen MR) is 81.5 cm³/mol. The fourth-order valence-electron chi connectivity index (χ4n) is 2.08. The minimum Gasteiger partial charge on any atom is -0.399 e. The Hall–Kier alpha value is -2.27. The van der Waals surface area contributed by atoms with E-state index >= 15 is 0 Å². The lowest BCUT2D eigenvalue weighted by Crippen LogP contribution is -2.02. The molecule has 0 radical (unpaired) electrons. The van der Waals surface area contributed by atoms with Crippen LogP contribution < -0.4 is 11.1 Å². The van der Waals surface area contributed by atoms with Crippen LogP contribution in [0.25, 0.3) is 5.65 Å². The summed E-state index contributed by atoms with van der Waals surface area (Å²) in [6.45, 7) is 2.06. The van der Waals surface area contributed by atoms with Gasteiger partial charge in [-0.2, -0.15) is 9.61 Å².